The molecule has 0 aliphatic rings. The number of carbonyl (C=O) groups excluding carboxylic acids is 2. The molecule has 0 saturated heterocycles. The molecule has 7 heteroatoms. The van der Waals surface area contributed by atoms with Crippen LogP contribution in [-0.2, 0) is 4.74 Å². The van der Waals surface area contributed by atoms with Crippen molar-refractivity contribution in [3.8, 4) is 11.3 Å². The van der Waals surface area contributed by atoms with Crippen LogP contribution in [0.15, 0.2) is 45.9 Å². The molecule has 0 bridgehead atoms. The standard InChI is InChI=1S/C14H12N2O5/c1-20-14(19)16-15-8-11-5-6-12(21-11)9-3-2-4-10(7-9)13(17)18/h2-8H,1H3,(H,16,19)(H,17,18)/p-1/b15-8-. The summed E-state index contributed by atoms with van der Waals surface area (Å²) in [7, 11) is 1.22. The quantitative estimate of drug-likeness (QED) is 0.667. The fraction of sp³-hybridized carbons (Fsp3) is 0.0714. The number of ether oxygens (including phenoxy) is 1. The van der Waals surface area contributed by atoms with Gasteiger partial charge in [-0.2, -0.15) is 5.10 Å². The van der Waals surface area contributed by atoms with Crippen molar-refractivity contribution in [1.82, 2.24) is 5.43 Å². The number of hydrogen-bond acceptors (Lipinski definition) is 6. The van der Waals surface area contributed by atoms with E-state index >= 15 is 0 Å². The molecule has 1 amide bonds. The first-order valence-corrected chi connectivity index (χ1v) is 5.89. The highest BCUT2D eigenvalue weighted by Crippen LogP contribution is 2.22. The van der Waals surface area contributed by atoms with Gasteiger partial charge in [0.1, 0.15) is 11.5 Å². The van der Waals surface area contributed by atoms with Crippen molar-refractivity contribution in [2.24, 2.45) is 5.10 Å². The minimum atomic E-state index is -1.26. The van der Waals surface area contributed by atoms with Crippen LogP contribution in [0.3, 0.4) is 0 Å². The summed E-state index contributed by atoms with van der Waals surface area (Å²) in [5.41, 5.74) is 2.77. The van der Waals surface area contributed by atoms with Gasteiger partial charge in [0, 0.05) is 5.56 Å². The van der Waals surface area contributed by atoms with E-state index in [-0.39, 0.29) is 5.56 Å². The molecule has 2 aromatic rings. The number of aromatic carboxylic acids is 1. The van der Waals surface area contributed by atoms with Gasteiger partial charge in [-0.15, -0.1) is 0 Å². The molecule has 0 radical (unpaired) electrons. The Morgan fingerprint density at radius 2 is 2.14 bits per heavy atom. The van der Waals surface area contributed by atoms with Gasteiger partial charge in [0.2, 0.25) is 0 Å². The summed E-state index contributed by atoms with van der Waals surface area (Å²) >= 11 is 0. The Bertz CT molecular complexity index is 690. The molecule has 0 saturated carbocycles. The summed E-state index contributed by atoms with van der Waals surface area (Å²) in [4.78, 5) is 21.6. The van der Waals surface area contributed by atoms with Crippen LogP contribution in [0.5, 0.6) is 0 Å². The van der Waals surface area contributed by atoms with Gasteiger partial charge in [-0.3, -0.25) is 0 Å². The summed E-state index contributed by atoms with van der Waals surface area (Å²) < 4.78 is 9.81. The zero-order chi connectivity index (χ0) is 15.2. The Morgan fingerprint density at radius 3 is 2.86 bits per heavy atom. The average molecular weight is 287 g/mol. The molecule has 1 N–H and O–H groups in total. The van der Waals surface area contributed by atoms with Crippen LogP contribution < -0.4 is 10.5 Å². The number of carboxylic acid groups (broad SMARTS) is 1. The first kappa shape index (κ1) is 14.3. The Hall–Kier alpha value is -3.09. The molecule has 0 spiro atoms. The lowest BCUT2D eigenvalue weighted by atomic mass is 10.1. The lowest BCUT2D eigenvalue weighted by Crippen LogP contribution is -2.22. The topological polar surface area (TPSA) is 104 Å². The lowest BCUT2D eigenvalue weighted by molar-refractivity contribution is -0.255. The smallest absolute Gasteiger partial charge is 0.427 e. The van der Waals surface area contributed by atoms with Gasteiger partial charge in [0.05, 0.1) is 19.3 Å². The molecule has 1 heterocycles. The highest BCUT2D eigenvalue weighted by Gasteiger charge is 2.05. The van der Waals surface area contributed by atoms with E-state index in [1.165, 1.54) is 25.5 Å². The monoisotopic (exact) mass is 287 g/mol. The maximum absolute atomic E-state index is 10.8. The van der Waals surface area contributed by atoms with Gasteiger partial charge in [-0.25, -0.2) is 10.2 Å². The Morgan fingerprint density at radius 1 is 1.33 bits per heavy atom. The molecule has 1 aromatic heterocycles. The minimum absolute atomic E-state index is 0.0616. The van der Waals surface area contributed by atoms with Gasteiger partial charge in [-0.05, 0) is 23.8 Å². The van der Waals surface area contributed by atoms with E-state index in [2.05, 4.69) is 15.3 Å². The number of rotatable bonds is 4. The van der Waals surface area contributed by atoms with E-state index in [1.54, 1.807) is 24.3 Å². The zero-order valence-corrected chi connectivity index (χ0v) is 11.0. The molecule has 7 nitrogen and oxygen atoms in total. The maximum Gasteiger partial charge on any atom is 0.427 e. The Labute approximate surface area is 119 Å². The number of hydrazone groups is 1. The summed E-state index contributed by atoms with van der Waals surface area (Å²) in [6, 6.07) is 9.47. The second-order valence-electron chi connectivity index (χ2n) is 3.93. The molecule has 0 atom stereocenters. The molecule has 108 valence electrons. The van der Waals surface area contributed by atoms with Crippen molar-refractivity contribution in [3.05, 3.63) is 47.7 Å². The second kappa shape index (κ2) is 6.38. The van der Waals surface area contributed by atoms with Gasteiger partial charge < -0.3 is 19.1 Å². The molecule has 0 aliphatic carbocycles. The van der Waals surface area contributed by atoms with Crippen LogP contribution in [0.4, 0.5) is 4.79 Å². The third kappa shape index (κ3) is 3.69. The average Bonchev–Trinajstić information content (AvgIpc) is 2.96. The Balaban J connectivity index is 2.14. The van der Waals surface area contributed by atoms with Crippen LogP contribution in [0.1, 0.15) is 16.1 Å². The van der Waals surface area contributed by atoms with Crippen molar-refractivity contribution in [2.45, 2.75) is 0 Å². The van der Waals surface area contributed by atoms with Crippen molar-refractivity contribution in [3.63, 3.8) is 0 Å². The largest absolute Gasteiger partial charge is 0.545 e. The summed E-state index contributed by atoms with van der Waals surface area (Å²) in [6.07, 6.45) is 0.600. The van der Waals surface area contributed by atoms with Gasteiger partial charge in [0.15, 0.2) is 0 Å². The van der Waals surface area contributed by atoms with Gasteiger partial charge >= 0.3 is 6.09 Å². The first-order valence-electron chi connectivity index (χ1n) is 5.89. The molecular formula is C14H11N2O5-. The number of methoxy groups -OCH3 is 1. The molecule has 21 heavy (non-hydrogen) atoms. The molecule has 0 aliphatic heterocycles. The fourth-order valence-corrected chi connectivity index (χ4v) is 1.57. The number of hydrogen-bond donors (Lipinski definition) is 1. The van der Waals surface area contributed by atoms with Crippen LogP contribution >= 0.6 is 0 Å². The first-order chi connectivity index (χ1) is 10.1. The zero-order valence-electron chi connectivity index (χ0n) is 11.0. The van der Waals surface area contributed by atoms with Crippen LogP contribution in [0.25, 0.3) is 11.3 Å². The van der Waals surface area contributed by atoms with E-state index < -0.39 is 12.1 Å². The molecule has 2 rings (SSSR count). The summed E-state index contributed by atoms with van der Waals surface area (Å²) in [5.74, 6) is -0.398. The number of carboxylic acids is 1. The number of nitrogens with one attached hydrogen (secondary N) is 1. The van der Waals surface area contributed by atoms with Crippen LogP contribution in [0, 0.1) is 0 Å². The normalized spacial score (nSPS) is 10.5. The number of nitrogens with zero attached hydrogens (tertiary/aromatic N) is 1. The predicted octanol–water partition coefficient (Wildman–Crippen LogP) is 1.00. The summed E-state index contributed by atoms with van der Waals surface area (Å²) in [6.45, 7) is 0. The highest BCUT2D eigenvalue weighted by molar-refractivity contribution is 5.87. The fourth-order valence-electron chi connectivity index (χ4n) is 1.57. The predicted molar refractivity (Wildman–Crippen MR) is 71.6 cm³/mol. The van der Waals surface area contributed by atoms with Crippen molar-refractivity contribution < 1.29 is 23.8 Å². The van der Waals surface area contributed by atoms with E-state index in [9.17, 15) is 14.7 Å². The lowest BCUT2D eigenvalue weighted by Gasteiger charge is -2.03. The van der Waals surface area contributed by atoms with E-state index in [0.29, 0.717) is 17.1 Å². The third-order valence-electron chi connectivity index (χ3n) is 2.54. The van der Waals surface area contributed by atoms with Crippen molar-refractivity contribution in [1.29, 1.82) is 0 Å². The molecule has 0 fully saturated rings. The molecule has 0 unspecified atom stereocenters. The van der Waals surface area contributed by atoms with E-state index in [1.807, 2.05) is 0 Å². The van der Waals surface area contributed by atoms with Crippen molar-refractivity contribution in [2.75, 3.05) is 7.11 Å². The third-order valence-corrected chi connectivity index (χ3v) is 2.54. The second-order valence-corrected chi connectivity index (χ2v) is 3.93. The summed E-state index contributed by atoms with van der Waals surface area (Å²) in [5, 5.41) is 14.4. The molecular weight excluding hydrogens is 276 g/mol. The van der Waals surface area contributed by atoms with Crippen LogP contribution in [0.2, 0.25) is 0 Å². The Kier molecular flexibility index (Phi) is 4.35. The number of furan rings is 1. The van der Waals surface area contributed by atoms with E-state index in [0.717, 1.165) is 0 Å². The minimum Gasteiger partial charge on any atom is -0.545 e. The van der Waals surface area contributed by atoms with Gasteiger partial charge in [-0.1, -0.05) is 18.2 Å². The van der Waals surface area contributed by atoms with Gasteiger partial charge in [0.25, 0.3) is 0 Å². The van der Waals surface area contributed by atoms with Crippen LogP contribution in [-0.4, -0.2) is 25.4 Å². The SMILES string of the molecule is COC(=O)N/N=C\c1ccc(-c2cccc(C(=O)[O-])c2)o1. The highest BCUT2D eigenvalue weighted by atomic mass is 16.5. The van der Waals surface area contributed by atoms with Crippen molar-refractivity contribution >= 4 is 18.3 Å². The maximum atomic E-state index is 10.8. The number of amides is 1. The number of benzene rings is 1. The number of carbonyl (C=O) groups is 2. The molecule has 1 aromatic carbocycles. The van der Waals surface area contributed by atoms with E-state index in [4.69, 9.17) is 4.42 Å².